The van der Waals surface area contributed by atoms with Crippen molar-refractivity contribution in [2.24, 2.45) is 0 Å². The highest BCUT2D eigenvalue weighted by molar-refractivity contribution is 7.88. The standard InChI is InChI=1S/C10H17N3O2S.H2O4S/c1-13(16(2,14)15)8-7-12-10-5-3-9(11)4-6-10;1-5(2,3)4/h3-6,12H,7-8,11H2,1-2H3;(H2,1,2,3,4). The zero-order chi connectivity index (χ0) is 16.7. The summed E-state index contributed by atoms with van der Waals surface area (Å²) in [4.78, 5) is 0. The molecule has 1 rings (SSSR count). The summed E-state index contributed by atoms with van der Waals surface area (Å²) in [6, 6.07) is 7.30. The largest absolute Gasteiger partial charge is 0.399 e. The van der Waals surface area contributed by atoms with Crippen molar-refractivity contribution in [2.75, 3.05) is 37.4 Å². The Hall–Kier alpha value is -1.40. The molecule has 0 atom stereocenters. The zero-order valence-electron chi connectivity index (χ0n) is 11.6. The Morgan fingerprint density at radius 2 is 1.57 bits per heavy atom. The van der Waals surface area contributed by atoms with Gasteiger partial charge in [-0.25, -0.2) is 12.7 Å². The molecule has 0 heterocycles. The number of benzene rings is 1. The number of rotatable bonds is 5. The molecule has 0 aliphatic rings. The Balaban J connectivity index is 0.000000690. The van der Waals surface area contributed by atoms with Crippen LogP contribution >= 0.6 is 0 Å². The molecule has 1 aromatic carbocycles. The van der Waals surface area contributed by atoms with E-state index < -0.39 is 20.4 Å². The third-order valence-electron chi connectivity index (χ3n) is 2.23. The lowest BCUT2D eigenvalue weighted by molar-refractivity contribution is 0.381. The van der Waals surface area contributed by atoms with Crippen molar-refractivity contribution in [3.05, 3.63) is 24.3 Å². The van der Waals surface area contributed by atoms with E-state index in [9.17, 15) is 8.42 Å². The molecule has 0 amide bonds. The molecule has 0 fully saturated rings. The molecule has 9 nitrogen and oxygen atoms in total. The highest BCUT2D eigenvalue weighted by Gasteiger charge is 2.09. The number of hydrogen-bond acceptors (Lipinski definition) is 6. The first-order chi connectivity index (χ1) is 9.39. The number of sulfonamides is 1. The topological polar surface area (TPSA) is 150 Å². The van der Waals surface area contributed by atoms with Gasteiger partial charge in [0.1, 0.15) is 0 Å². The van der Waals surface area contributed by atoms with Crippen LogP contribution in [0.5, 0.6) is 0 Å². The van der Waals surface area contributed by atoms with Gasteiger partial charge in [0, 0.05) is 31.5 Å². The fourth-order valence-electron chi connectivity index (χ4n) is 1.12. The molecule has 5 N–H and O–H groups in total. The molecule has 21 heavy (non-hydrogen) atoms. The lowest BCUT2D eigenvalue weighted by Gasteiger charge is -2.14. The number of nitrogens with two attached hydrogens (primary N) is 1. The van der Waals surface area contributed by atoms with Crippen LogP contribution < -0.4 is 11.1 Å². The van der Waals surface area contributed by atoms with Crippen LogP contribution in [0.25, 0.3) is 0 Å². The van der Waals surface area contributed by atoms with E-state index in [4.69, 9.17) is 23.3 Å². The number of likely N-dealkylation sites (N-methyl/N-ethyl adjacent to an activating group) is 1. The number of hydrogen-bond donors (Lipinski definition) is 4. The second-order valence-corrected chi connectivity index (χ2v) is 7.07. The quantitative estimate of drug-likeness (QED) is 0.429. The van der Waals surface area contributed by atoms with Crippen LogP contribution in [0, 0.1) is 0 Å². The molecule has 1 aromatic rings. The van der Waals surface area contributed by atoms with Gasteiger partial charge in [-0.05, 0) is 24.3 Å². The van der Waals surface area contributed by atoms with Gasteiger partial charge in [-0.3, -0.25) is 9.11 Å². The maximum Gasteiger partial charge on any atom is 0.394 e. The summed E-state index contributed by atoms with van der Waals surface area (Å²) in [6.07, 6.45) is 1.19. The zero-order valence-corrected chi connectivity index (χ0v) is 13.2. The van der Waals surface area contributed by atoms with E-state index in [1.54, 1.807) is 19.2 Å². The summed E-state index contributed by atoms with van der Waals surface area (Å²) in [6.45, 7) is 0.997. The maximum absolute atomic E-state index is 11.1. The van der Waals surface area contributed by atoms with Gasteiger partial charge < -0.3 is 11.1 Å². The van der Waals surface area contributed by atoms with E-state index in [0.717, 1.165) is 5.69 Å². The maximum atomic E-state index is 11.1. The Morgan fingerprint density at radius 1 is 1.14 bits per heavy atom. The van der Waals surface area contributed by atoms with Crippen molar-refractivity contribution in [3.8, 4) is 0 Å². The van der Waals surface area contributed by atoms with E-state index in [2.05, 4.69) is 5.32 Å². The van der Waals surface area contributed by atoms with Gasteiger partial charge in [-0.1, -0.05) is 0 Å². The molecule has 0 aliphatic heterocycles. The summed E-state index contributed by atoms with van der Waals surface area (Å²) < 4.78 is 55.1. The van der Waals surface area contributed by atoms with Crippen LogP contribution in [0.15, 0.2) is 24.3 Å². The van der Waals surface area contributed by atoms with Gasteiger partial charge in [-0.15, -0.1) is 0 Å². The Morgan fingerprint density at radius 3 is 1.95 bits per heavy atom. The minimum absolute atomic E-state index is 0.434. The highest BCUT2D eigenvalue weighted by atomic mass is 32.3. The van der Waals surface area contributed by atoms with Gasteiger partial charge in [0.15, 0.2) is 0 Å². The smallest absolute Gasteiger partial charge is 0.394 e. The summed E-state index contributed by atoms with van der Waals surface area (Å²) in [5.74, 6) is 0. The average molecular weight is 341 g/mol. The van der Waals surface area contributed by atoms with Gasteiger partial charge in [0.2, 0.25) is 10.0 Å². The van der Waals surface area contributed by atoms with Crippen LogP contribution in [0.1, 0.15) is 0 Å². The second kappa shape index (κ2) is 8.14. The molecular formula is C10H19N3O6S2. The summed E-state index contributed by atoms with van der Waals surface area (Å²) in [5, 5.41) is 3.11. The third-order valence-corrected chi connectivity index (χ3v) is 3.55. The van der Waals surface area contributed by atoms with Crippen molar-refractivity contribution in [1.82, 2.24) is 4.31 Å². The number of nitrogens with one attached hydrogen (secondary N) is 1. The molecule has 0 unspecified atom stereocenters. The first kappa shape index (κ1) is 19.6. The summed E-state index contributed by atoms with van der Waals surface area (Å²) in [7, 11) is -6.20. The fourth-order valence-corrected chi connectivity index (χ4v) is 1.55. The minimum Gasteiger partial charge on any atom is -0.399 e. The summed E-state index contributed by atoms with van der Waals surface area (Å²) >= 11 is 0. The van der Waals surface area contributed by atoms with Crippen molar-refractivity contribution in [1.29, 1.82) is 0 Å². The lowest BCUT2D eigenvalue weighted by atomic mass is 10.3. The predicted octanol–water partition coefficient (Wildman–Crippen LogP) is -0.0807. The van der Waals surface area contributed by atoms with Crippen LogP contribution in [-0.4, -0.2) is 56.6 Å². The summed E-state index contributed by atoms with van der Waals surface area (Å²) in [5.41, 5.74) is 7.18. The normalized spacial score (nSPS) is 11.7. The van der Waals surface area contributed by atoms with Crippen molar-refractivity contribution < 1.29 is 25.9 Å². The molecular weight excluding hydrogens is 322 g/mol. The molecule has 0 spiro atoms. The highest BCUT2D eigenvalue weighted by Crippen LogP contribution is 2.09. The first-order valence-electron chi connectivity index (χ1n) is 5.60. The Bertz CT molecular complexity index is 619. The van der Waals surface area contributed by atoms with Gasteiger partial charge >= 0.3 is 10.4 Å². The number of nitrogens with zero attached hydrogens (tertiary/aromatic N) is 1. The molecule has 0 saturated heterocycles. The minimum atomic E-state index is -4.67. The fraction of sp³-hybridized carbons (Fsp3) is 0.400. The van der Waals surface area contributed by atoms with Gasteiger partial charge in [0.05, 0.1) is 6.26 Å². The monoisotopic (exact) mass is 341 g/mol. The SMILES string of the molecule is CN(CCNc1ccc(N)cc1)S(C)(=O)=O.O=S(=O)(O)O. The average Bonchev–Trinajstić information content (AvgIpc) is 2.28. The molecule has 122 valence electrons. The van der Waals surface area contributed by atoms with Crippen molar-refractivity contribution >= 4 is 31.8 Å². The second-order valence-electron chi connectivity index (χ2n) is 4.08. The van der Waals surface area contributed by atoms with Crippen LogP contribution in [0.4, 0.5) is 11.4 Å². The number of anilines is 2. The molecule has 0 saturated carbocycles. The van der Waals surface area contributed by atoms with E-state index in [1.807, 2.05) is 12.1 Å². The van der Waals surface area contributed by atoms with Crippen LogP contribution in [0.2, 0.25) is 0 Å². The van der Waals surface area contributed by atoms with E-state index >= 15 is 0 Å². The third kappa shape index (κ3) is 12.1. The lowest BCUT2D eigenvalue weighted by Crippen LogP contribution is -2.30. The van der Waals surface area contributed by atoms with Gasteiger partial charge in [-0.2, -0.15) is 8.42 Å². The molecule has 11 heteroatoms. The molecule has 0 bridgehead atoms. The van der Waals surface area contributed by atoms with Crippen molar-refractivity contribution in [2.45, 2.75) is 0 Å². The molecule has 0 aliphatic carbocycles. The van der Waals surface area contributed by atoms with Gasteiger partial charge in [0.25, 0.3) is 0 Å². The predicted molar refractivity (Wildman–Crippen MR) is 81.0 cm³/mol. The van der Waals surface area contributed by atoms with E-state index in [0.29, 0.717) is 18.8 Å². The number of nitrogen functional groups attached to an aromatic ring is 1. The Labute approximate surface area is 124 Å². The van der Waals surface area contributed by atoms with Crippen molar-refractivity contribution in [3.63, 3.8) is 0 Å². The molecule has 0 aromatic heterocycles. The van der Waals surface area contributed by atoms with Crippen LogP contribution in [-0.2, 0) is 20.4 Å². The Kier molecular flexibility index (Phi) is 7.60. The molecule has 0 radical (unpaired) electrons. The van der Waals surface area contributed by atoms with Crippen LogP contribution in [0.3, 0.4) is 0 Å². The van der Waals surface area contributed by atoms with E-state index in [1.165, 1.54) is 10.6 Å². The van der Waals surface area contributed by atoms with E-state index in [-0.39, 0.29) is 0 Å². The first-order valence-corrected chi connectivity index (χ1v) is 8.84.